The lowest BCUT2D eigenvalue weighted by Crippen LogP contribution is -2.17. The average Bonchev–Trinajstić information content (AvgIpc) is 3.73. The van der Waals surface area contributed by atoms with Gasteiger partial charge < -0.3 is 4.90 Å². The van der Waals surface area contributed by atoms with E-state index < -0.39 is 0 Å². The molecule has 1 aliphatic rings. The van der Waals surface area contributed by atoms with Gasteiger partial charge in [0.25, 0.3) is 0 Å². The van der Waals surface area contributed by atoms with E-state index in [4.69, 9.17) is 5.10 Å². The molecule has 10 rings (SSSR count). The van der Waals surface area contributed by atoms with Gasteiger partial charge in [0, 0.05) is 44.3 Å². The first-order valence-corrected chi connectivity index (χ1v) is 18.3. The van der Waals surface area contributed by atoms with E-state index >= 15 is 0 Å². The van der Waals surface area contributed by atoms with Crippen LogP contribution in [0.5, 0.6) is 0 Å². The zero-order valence-corrected chi connectivity index (χ0v) is 29.7. The second-order valence-corrected chi connectivity index (χ2v) is 14.4. The SMILES string of the molecule is CC1(C)c2ccccc2-c2ccc(N(c3ccccc3)c3c(-c4ccccc4)n4nc(-c5ccccc5)c(-c5ccccc5)c4c4ccccc34)cc21. The van der Waals surface area contributed by atoms with Crippen LogP contribution in [0.3, 0.4) is 0 Å². The Bertz CT molecular complexity index is 2780. The molecule has 7 aromatic carbocycles. The molecule has 3 nitrogen and oxygen atoms in total. The summed E-state index contributed by atoms with van der Waals surface area (Å²) < 4.78 is 2.22. The summed E-state index contributed by atoms with van der Waals surface area (Å²) >= 11 is 0. The fourth-order valence-corrected chi connectivity index (χ4v) is 8.53. The van der Waals surface area contributed by atoms with Gasteiger partial charge in [-0.1, -0.05) is 178 Å². The van der Waals surface area contributed by atoms with E-state index in [9.17, 15) is 0 Å². The molecule has 53 heavy (non-hydrogen) atoms. The summed E-state index contributed by atoms with van der Waals surface area (Å²) in [5.41, 5.74) is 16.0. The van der Waals surface area contributed by atoms with E-state index in [1.807, 2.05) is 0 Å². The maximum absolute atomic E-state index is 5.61. The zero-order chi connectivity index (χ0) is 35.5. The molecule has 0 aliphatic heterocycles. The first kappa shape index (κ1) is 31.1. The van der Waals surface area contributed by atoms with Gasteiger partial charge in [0.2, 0.25) is 0 Å². The van der Waals surface area contributed by atoms with Gasteiger partial charge in [0.05, 0.1) is 16.9 Å². The van der Waals surface area contributed by atoms with Gasteiger partial charge in [-0.25, -0.2) is 4.52 Å². The molecule has 0 radical (unpaired) electrons. The Morgan fingerprint density at radius 2 is 1.02 bits per heavy atom. The normalized spacial score (nSPS) is 12.9. The Kier molecular flexibility index (Phi) is 7.16. The topological polar surface area (TPSA) is 20.5 Å². The molecule has 0 unspecified atom stereocenters. The highest BCUT2D eigenvalue weighted by Crippen LogP contribution is 2.53. The lowest BCUT2D eigenvalue weighted by Gasteiger charge is -2.31. The highest BCUT2D eigenvalue weighted by molar-refractivity contribution is 6.15. The second kappa shape index (κ2) is 12.2. The molecule has 0 saturated heterocycles. The molecule has 2 aromatic heterocycles. The molecule has 0 atom stereocenters. The van der Waals surface area contributed by atoms with Gasteiger partial charge in [0.1, 0.15) is 5.69 Å². The van der Waals surface area contributed by atoms with Crippen LogP contribution in [0.4, 0.5) is 17.1 Å². The Morgan fingerprint density at radius 1 is 0.472 bits per heavy atom. The fraction of sp³-hybridized carbons (Fsp3) is 0.0600. The molecule has 1 aliphatic carbocycles. The highest BCUT2D eigenvalue weighted by Gasteiger charge is 2.36. The minimum absolute atomic E-state index is 0.143. The van der Waals surface area contributed by atoms with Gasteiger partial charge in [0.15, 0.2) is 0 Å². The first-order valence-electron chi connectivity index (χ1n) is 18.3. The Morgan fingerprint density at radius 3 is 1.72 bits per heavy atom. The van der Waals surface area contributed by atoms with Crippen molar-refractivity contribution in [1.82, 2.24) is 9.61 Å². The highest BCUT2D eigenvalue weighted by atomic mass is 15.3. The van der Waals surface area contributed by atoms with Crippen LogP contribution in [0.15, 0.2) is 188 Å². The van der Waals surface area contributed by atoms with Crippen molar-refractivity contribution in [1.29, 1.82) is 0 Å². The number of hydrogen-bond acceptors (Lipinski definition) is 2. The summed E-state index contributed by atoms with van der Waals surface area (Å²) in [6, 6.07) is 67.6. The number of fused-ring (bicyclic) bond motifs is 6. The monoisotopic (exact) mass is 679 g/mol. The number of aromatic nitrogens is 2. The Labute approximate surface area is 310 Å². The molecule has 3 heteroatoms. The zero-order valence-electron chi connectivity index (χ0n) is 29.7. The Hall–Kier alpha value is -6.71. The first-order chi connectivity index (χ1) is 26.1. The van der Waals surface area contributed by atoms with Crippen LogP contribution in [-0.4, -0.2) is 9.61 Å². The van der Waals surface area contributed by atoms with Crippen LogP contribution in [-0.2, 0) is 5.41 Å². The quantitative estimate of drug-likeness (QED) is 0.174. The molecule has 0 spiro atoms. The summed E-state index contributed by atoms with van der Waals surface area (Å²) in [7, 11) is 0. The Balaban J connectivity index is 1.36. The van der Waals surface area contributed by atoms with E-state index in [1.54, 1.807) is 0 Å². The van der Waals surface area contributed by atoms with Crippen molar-refractivity contribution >= 4 is 33.4 Å². The third-order valence-corrected chi connectivity index (χ3v) is 11.0. The molecular weight excluding hydrogens is 643 g/mol. The predicted octanol–water partition coefficient (Wildman–Crippen LogP) is 13.3. The number of para-hydroxylation sites is 1. The van der Waals surface area contributed by atoms with Gasteiger partial charge in [-0.05, 0) is 52.1 Å². The molecule has 0 saturated carbocycles. The van der Waals surface area contributed by atoms with E-state index in [-0.39, 0.29) is 5.41 Å². The lowest BCUT2D eigenvalue weighted by atomic mass is 9.82. The van der Waals surface area contributed by atoms with E-state index in [0.717, 1.165) is 67.0 Å². The van der Waals surface area contributed by atoms with Crippen LogP contribution in [0.1, 0.15) is 25.0 Å². The van der Waals surface area contributed by atoms with Crippen molar-refractivity contribution in [2.24, 2.45) is 0 Å². The summed E-state index contributed by atoms with van der Waals surface area (Å²) in [6.07, 6.45) is 0. The third kappa shape index (κ3) is 4.85. The summed E-state index contributed by atoms with van der Waals surface area (Å²) in [5, 5.41) is 7.91. The van der Waals surface area contributed by atoms with Crippen molar-refractivity contribution < 1.29 is 0 Å². The molecule has 0 fully saturated rings. The van der Waals surface area contributed by atoms with E-state index in [1.165, 1.54) is 22.3 Å². The number of anilines is 3. The summed E-state index contributed by atoms with van der Waals surface area (Å²) in [6.45, 7) is 4.70. The van der Waals surface area contributed by atoms with Crippen molar-refractivity contribution in [2.45, 2.75) is 19.3 Å². The molecule has 9 aromatic rings. The van der Waals surface area contributed by atoms with Crippen LogP contribution in [0, 0.1) is 0 Å². The standard InChI is InChI=1S/C50H37N3/c1-50(2)43-30-18-17-27-39(43)40-32-31-38(33-44(40)50)52(37-25-13-6-14-26-37)49-42-29-16-15-28-41(42)48-45(34-19-7-3-8-20-34)46(35-21-9-4-10-22-35)51-53(48)47(49)36-23-11-5-12-24-36/h3-33H,1-2H3. The smallest absolute Gasteiger partial charge is 0.101 e. The van der Waals surface area contributed by atoms with Crippen LogP contribution in [0.2, 0.25) is 0 Å². The fourth-order valence-electron chi connectivity index (χ4n) is 8.53. The molecule has 0 bridgehead atoms. The van der Waals surface area contributed by atoms with Crippen LogP contribution < -0.4 is 4.90 Å². The van der Waals surface area contributed by atoms with Crippen LogP contribution in [0.25, 0.3) is 61.1 Å². The van der Waals surface area contributed by atoms with Crippen molar-refractivity contribution in [3.05, 3.63) is 199 Å². The molecule has 0 amide bonds. The maximum Gasteiger partial charge on any atom is 0.101 e. The molecule has 252 valence electrons. The predicted molar refractivity (Wildman–Crippen MR) is 221 cm³/mol. The lowest BCUT2D eigenvalue weighted by molar-refractivity contribution is 0.660. The molecular formula is C50H37N3. The number of nitrogens with zero attached hydrogens (tertiary/aromatic N) is 3. The number of pyridine rings is 1. The molecule has 0 N–H and O–H groups in total. The van der Waals surface area contributed by atoms with E-state index in [2.05, 4.69) is 211 Å². The second-order valence-electron chi connectivity index (χ2n) is 14.4. The van der Waals surface area contributed by atoms with Crippen molar-refractivity contribution in [2.75, 3.05) is 4.90 Å². The molecule has 2 heterocycles. The largest absolute Gasteiger partial charge is 0.308 e. The van der Waals surface area contributed by atoms with Gasteiger partial charge >= 0.3 is 0 Å². The van der Waals surface area contributed by atoms with Crippen LogP contribution >= 0.6 is 0 Å². The third-order valence-electron chi connectivity index (χ3n) is 11.0. The van der Waals surface area contributed by atoms with Crippen molar-refractivity contribution in [3.8, 4) is 44.8 Å². The average molecular weight is 680 g/mol. The van der Waals surface area contributed by atoms with E-state index in [0.29, 0.717) is 0 Å². The minimum Gasteiger partial charge on any atom is -0.308 e. The maximum atomic E-state index is 5.61. The number of benzene rings is 7. The summed E-state index contributed by atoms with van der Waals surface area (Å²) in [5.74, 6) is 0. The van der Waals surface area contributed by atoms with Gasteiger partial charge in [-0.2, -0.15) is 5.10 Å². The number of rotatable bonds is 6. The minimum atomic E-state index is -0.143. The van der Waals surface area contributed by atoms with Crippen molar-refractivity contribution in [3.63, 3.8) is 0 Å². The summed E-state index contributed by atoms with van der Waals surface area (Å²) in [4.78, 5) is 2.45. The van der Waals surface area contributed by atoms with Gasteiger partial charge in [-0.15, -0.1) is 0 Å². The van der Waals surface area contributed by atoms with Gasteiger partial charge in [-0.3, -0.25) is 0 Å². The number of hydrogen-bond donors (Lipinski definition) is 0.